The number of nitrogens with zero attached hydrogens (tertiary/aromatic N) is 1. The zero-order valence-electron chi connectivity index (χ0n) is 9.27. The Morgan fingerprint density at radius 1 is 1.38 bits per heavy atom. The molecule has 4 nitrogen and oxygen atoms in total. The molecule has 0 amide bonds. The third-order valence-electron chi connectivity index (χ3n) is 1.91. The number of carbonyl (C=O) groups is 1. The van der Waals surface area contributed by atoms with Crippen molar-refractivity contribution in [2.45, 2.75) is 13.8 Å². The summed E-state index contributed by atoms with van der Waals surface area (Å²) < 4.78 is 0. The molecule has 2 aromatic rings. The molecule has 0 atom stereocenters. The maximum atomic E-state index is 10.6. The molecule has 0 saturated heterocycles. The second kappa shape index (κ2) is 5.70. The van der Waals surface area contributed by atoms with Gasteiger partial charge in [0.05, 0.1) is 0 Å². The van der Waals surface area contributed by atoms with Crippen LogP contribution in [-0.4, -0.2) is 21.0 Å². The molecule has 2 heterocycles. The first-order valence-corrected chi connectivity index (χ1v) is 5.09. The number of hydrogen-bond acceptors (Lipinski definition) is 2. The molecule has 4 heteroatoms. The standard InChI is InChI=1S/C10H8N2O2.C2H6/c13-10(14)9-4-8(6-12-9)7-2-1-3-11-5-7;1-2/h1-6,12H,(H,13,14);1-2H3. The molecule has 2 rings (SSSR count). The summed E-state index contributed by atoms with van der Waals surface area (Å²) >= 11 is 0. The van der Waals surface area contributed by atoms with E-state index in [-0.39, 0.29) is 5.69 Å². The van der Waals surface area contributed by atoms with E-state index >= 15 is 0 Å². The minimum Gasteiger partial charge on any atom is -0.477 e. The molecule has 0 bridgehead atoms. The first kappa shape index (κ1) is 12.0. The van der Waals surface area contributed by atoms with Crippen molar-refractivity contribution in [3.63, 3.8) is 0 Å². The highest BCUT2D eigenvalue weighted by atomic mass is 16.4. The van der Waals surface area contributed by atoms with Crippen LogP contribution in [0.3, 0.4) is 0 Å². The van der Waals surface area contributed by atoms with Crippen molar-refractivity contribution in [1.29, 1.82) is 0 Å². The molecular formula is C12H14N2O2. The Hall–Kier alpha value is -2.10. The summed E-state index contributed by atoms with van der Waals surface area (Å²) in [4.78, 5) is 17.2. The summed E-state index contributed by atoms with van der Waals surface area (Å²) in [6, 6.07) is 5.27. The average Bonchev–Trinajstić information content (AvgIpc) is 2.82. The molecule has 0 spiro atoms. The Labute approximate surface area is 94.0 Å². The van der Waals surface area contributed by atoms with Crippen LogP contribution in [-0.2, 0) is 0 Å². The molecule has 0 aliphatic heterocycles. The third-order valence-corrected chi connectivity index (χ3v) is 1.91. The van der Waals surface area contributed by atoms with Crippen LogP contribution in [0.1, 0.15) is 24.3 Å². The monoisotopic (exact) mass is 218 g/mol. The van der Waals surface area contributed by atoms with Gasteiger partial charge < -0.3 is 10.1 Å². The summed E-state index contributed by atoms with van der Waals surface area (Å²) in [5, 5.41) is 8.70. The maximum Gasteiger partial charge on any atom is 0.352 e. The zero-order chi connectivity index (χ0) is 12.0. The van der Waals surface area contributed by atoms with Crippen LogP contribution in [0.25, 0.3) is 11.1 Å². The van der Waals surface area contributed by atoms with Crippen molar-refractivity contribution in [2.24, 2.45) is 0 Å². The number of nitrogens with one attached hydrogen (secondary N) is 1. The molecule has 0 unspecified atom stereocenters. The fraction of sp³-hybridized carbons (Fsp3) is 0.167. The van der Waals surface area contributed by atoms with E-state index in [4.69, 9.17) is 5.11 Å². The maximum absolute atomic E-state index is 10.6. The van der Waals surface area contributed by atoms with Crippen molar-refractivity contribution >= 4 is 5.97 Å². The summed E-state index contributed by atoms with van der Waals surface area (Å²) in [5.74, 6) is -0.958. The van der Waals surface area contributed by atoms with Gasteiger partial charge in [-0.3, -0.25) is 4.98 Å². The van der Waals surface area contributed by atoms with E-state index in [0.29, 0.717) is 0 Å². The van der Waals surface area contributed by atoms with E-state index in [1.54, 1.807) is 24.7 Å². The first-order valence-electron chi connectivity index (χ1n) is 5.09. The molecule has 0 aliphatic rings. The SMILES string of the molecule is CC.O=C(O)c1cc(-c2cccnc2)c[nH]1. The molecule has 0 aromatic carbocycles. The van der Waals surface area contributed by atoms with Gasteiger partial charge in [0.15, 0.2) is 0 Å². The first-order chi connectivity index (χ1) is 7.77. The number of H-pyrrole nitrogens is 1. The molecule has 2 N–H and O–H groups in total. The number of rotatable bonds is 2. The second-order valence-electron chi connectivity index (χ2n) is 2.85. The number of aromatic amines is 1. The molecular weight excluding hydrogens is 204 g/mol. The lowest BCUT2D eigenvalue weighted by Gasteiger charge is -1.93. The lowest BCUT2D eigenvalue weighted by molar-refractivity contribution is 0.0691. The number of hydrogen-bond donors (Lipinski definition) is 2. The van der Waals surface area contributed by atoms with Gasteiger partial charge in [-0.2, -0.15) is 0 Å². The molecule has 16 heavy (non-hydrogen) atoms. The van der Waals surface area contributed by atoms with Crippen molar-refractivity contribution in [3.8, 4) is 11.1 Å². The van der Waals surface area contributed by atoms with Gasteiger partial charge in [0.2, 0.25) is 0 Å². The Morgan fingerprint density at radius 2 is 2.12 bits per heavy atom. The van der Waals surface area contributed by atoms with Crippen molar-refractivity contribution in [1.82, 2.24) is 9.97 Å². The van der Waals surface area contributed by atoms with E-state index in [1.165, 1.54) is 0 Å². The fourth-order valence-electron chi connectivity index (χ4n) is 1.22. The van der Waals surface area contributed by atoms with Crippen molar-refractivity contribution < 1.29 is 9.90 Å². The lowest BCUT2D eigenvalue weighted by atomic mass is 10.1. The van der Waals surface area contributed by atoms with Crippen LogP contribution in [0.4, 0.5) is 0 Å². The molecule has 0 aliphatic carbocycles. The molecule has 0 radical (unpaired) electrons. The van der Waals surface area contributed by atoms with Crippen LogP contribution in [0.2, 0.25) is 0 Å². The van der Waals surface area contributed by atoms with Crippen LogP contribution in [0, 0.1) is 0 Å². The Balaban J connectivity index is 0.000000606. The van der Waals surface area contributed by atoms with Gasteiger partial charge in [-0.1, -0.05) is 19.9 Å². The highest BCUT2D eigenvalue weighted by Crippen LogP contribution is 2.18. The fourth-order valence-corrected chi connectivity index (χ4v) is 1.22. The minimum atomic E-state index is -0.958. The zero-order valence-corrected chi connectivity index (χ0v) is 9.27. The molecule has 2 aromatic heterocycles. The topological polar surface area (TPSA) is 66.0 Å². The number of aromatic carboxylic acids is 1. The largest absolute Gasteiger partial charge is 0.477 e. The summed E-state index contributed by atoms with van der Waals surface area (Å²) in [7, 11) is 0. The van der Waals surface area contributed by atoms with Crippen molar-refractivity contribution in [2.75, 3.05) is 0 Å². The summed E-state index contributed by atoms with van der Waals surface area (Å²) in [5.41, 5.74) is 1.91. The summed E-state index contributed by atoms with van der Waals surface area (Å²) in [6.07, 6.45) is 5.02. The lowest BCUT2D eigenvalue weighted by Crippen LogP contribution is -1.94. The molecule has 84 valence electrons. The van der Waals surface area contributed by atoms with Crippen LogP contribution < -0.4 is 0 Å². The highest BCUT2D eigenvalue weighted by Gasteiger charge is 2.06. The van der Waals surface area contributed by atoms with E-state index in [1.807, 2.05) is 26.0 Å². The predicted octanol–water partition coefficient (Wildman–Crippen LogP) is 2.80. The van der Waals surface area contributed by atoms with Crippen LogP contribution in [0.15, 0.2) is 36.8 Å². The number of carboxylic acid groups (broad SMARTS) is 1. The van der Waals surface area contributed by atoms with Gasteiger partial charge in [0.25, 0.3) is 0 Å². The normalized spacial score (nSPS) is 9.12. The van der Waals surface area contributed by atoms with E-state index in [2.05, 4.69) is 9.97 Å². The Bertz CT molecular complexity index is 449. The Kier molecular flexibility index (Phi) is 4.27. The number of pyridine rings is 1. The highest BCUT2D eigenvalue weighted by molar-refractivity contribution is 5.87. The van der Waals surface area contributed by atoms with Gasteiger partial charge in [0.1, 0.15) is 5.69 Å². The minimum absolute atomic E-state index is 0.184. The number of aromatic nitrogens is 2. The van der Waals surface area contributed by atoms with Gasteiger partial charge in [-0.25, -0.2) is 4.79 Å². The third kappa shape index (κ3) is 2.70. The van der Waals surface area contributed by atoms with E-state index in [0.717, 1.165) is 11.1 Å². The predicted molar refractivity (Wildman–Crippen MR) is 62.3 cm³/mol. The van der Waals surface area contributed by atoms with Gasteiger partial charge in [-0.05, 0) is 12.1 Å². The van der Waals surface area contributed by atoms with Gasteiger partial charge >= 0.3 is 5.97 Å². The van der Waals surface area contributed by atoms with Gasteiger partial charge in [-0.15, -0.1) is 0 Å². The number of carboxylic acids is 1. The van der Waals surface area contributed by atoms with Crippen molar-refractivity contribution in [3.05, 3.63) is 42.5 Å². The van der Waals surface area contributed by atoms with E-state index in [9.17, 15) is 4.79 Å². The quantitative estimate of drug-likeness (QED) is 0.814. The molecule has 0 fully saturated rings. The Morgan fingerprint density at radius 3 is 2.62 bits per heavy atom. The smallest absolute Gasteiger partial charge is 0.352 e. The van der Waals surface area contributed by atoms with Gasteiger partial charge in [0, 0.05) is 29.7 Å². The molecule has 0 saturated carbocycles. The van der Waals surface area contributed by atoms with E-state index < -0.39 is 5.97 Å². The van der Waals surface area contributed by atoms with Crippen LogP contribution in [0.5, 0.6) is 0 Å². The average molecular weight is 218 g/mol. The second-order valence-corrected chi connectivity index (χ2v) is 2.85. The van der Waals surface area contributed by atoms with Crippen LogP contribution >= 0.6 is 0 Å². The summed E-state index contributed by atoms with van der Waals surface area (Å²) in [6.45, 7) is 4.00.